The van der Waals surface area contributed by atoms with Crippen LogP contribution in [0, 0.1) is 0 Å². The highest BCUT2D eigenvalue weighted by Gasteiger charge is 2.16. The number of hydroxylamine groups is 2. The average Bonchev–Trinajstić information content (AvgIpc) is 1.93. The van der Waals surface area contributed by atoms with E-state index in [2.05, 4.69) is 5.32 Å². The van der Waals surface area contributed by atoms with E-state index in [0.717, 1.165) is 13.0 Å². The van der Waals surface area contributed by atoms with Gasteiger partial charge in [-0.05, 0) is 18.6 Å². The third kappa shape index (κ3) is 2.34. The molecular formula is C6H10N2O2S. The summed E-state index contributed by atoms with van der Waals surface area (Å²) in [6.45, 7) is 2.90. The molecule has 0 radical (unpaired) electrons. The molecule has 11 heavy (non-hydrogen) atoms. The second-order valence-corrected chi connectivity index (χ2v) is 2.66. The Morgan fingerprint density at radius 3 is 3.09 bits per heavy atom. The highest BCUT2D eigenvalue weighted by atomic mass is 32.1. The summed E-state index contributed by atoms with van der Waals surface area (Å²) in [4.78, 5) is 15.3. The van der Waals surface area contributed by atoms with E-state index in [1.807, 2.05) is 0 Å². The van der Waals surface area contributed by atoms with Crippen LogP contribution in [0.1, 0.15) is 13.3 Å². The fraction of sp³-hybridized carbons (Fsp3) is 0.667. The summed E-state index contributed by atoms with van der Waals surface area (Å²) >= 11 is 4.88. The molecule has 1 aliphatic rings. The van der Waals surface area contributed by atoms with Crippen LogP contribution in [0.4, 0.5) is 0 Å². The number of hydrogen-bond donors (Lipinski definition) is 1. The van der Waals surface area contributed by atoms with Crippen LogP contribution in [0.15, 0.2) is 0 Å². The Morgan fingerprint density at radius 2 is 2.55 bits per heavy atom. The minimum atomic E-state index is -0.337. The van der Waals surface area contributed by atoms with Gasteiger partial charge >= 0.3 is 5.97 Å². The maximum absolute atomic E-state index is 10.5. The first kappa shape index (κ1) is 8.26. The summed E-state index contributed by atoms with van der Waals surface area (Å²) < 4.78 is 0. The lowest BCUT2D eigenvalue weighted by molar-refractivity contribution is -0.171. The number of rotatable bonds is 1. The minimum Gasteiger partial charge on any atom is -0.360 e. The smallest absolute Gasteiger partial charge is 0.329 e. The molecule has 5 heteroatoms. The summed E-state index contributed by atoms with van der Waals surface area (Å²) in [5.74, 6) is -0.337. The molecule has 1 aliphatic heterocycles. The zero-order chi connectivity index (χ0) is 8.27. The van der Waals surface area contributed by atoms with E-state index in [1.165, 1.54) is 12.0 Å². The van der Waals surface area contributed by atoms with Crippen molar-refractivity contribution in [3.63, 3.8) is 0 Å². The van der Waals surface area contributed by atoms with Gasteiger partial charge < -0.3 is 10.2 Å². The van der Waals surface area contributed by atoms with Crippen LogP contribution in [-0.4, -0.2) is 29.2 Å². The number of carbonyl (C=O) groups excluding carboxylic acids is 1. The molecule has 0 amide bonds. The lowest BCUT2D eigenvalue weighted by atomic mass is 10.4. The molecule has 0 saturated carbocycles. The van der Waals surface area contributed by atoms with Gasteiger partial charge in [0.2, 0.25) is 5.11 Å². The number of nitrogens with zero attached hydrogens (tertiary/aromatic N) is 1. The second-order valence-electron chi connectivity index (χ2n) is 2.27. The van der Waals surface area contributed by atoms with Crippen LogP contribution < -0.4 is 5.32 Å². The number of thiocarbonyl (C=S) groups is 1. The van der Waals surface area contributed by atoms with Gasteiger partial charge in [0.25, 0.3) is 0 Å². The van der Waals surface area contributed by atoms with Crippen molar-refractivity contribution in [2.75, 3.05) is 13.1 Å². The summed E-state index contributed by atoms with van der Waals surface area (Å²) in [7, 11) is 0. The number of hydrogen-bond acceptors (Lipinski definition) is 3. The van der Waals surface area contributed by atoms with Crippen molar-refractivity contribution in [2.45, 2.75) is 13.3 Å². The van der Waals surface area contributed by atoms with Crippen LogP contribution in [0.25, 0.3) is 0 Å². The standard InChI is InChI=1S/C6H10N2O2S/c1-5(9)10-8-4-2-3-7-6(8)11/h2-4H2,1H3,(H,7,11). The second kappa shape index (κ2) is 3.52. The van der Waals surface area contributed by atoms with Gasteiger partial charge in [0, 0.05) is 13.5 Å². The molecule has 0 aromatic rings. The van der Waals surface area contributed by atoms with E-state index in [1.54, 1.807) is 0 Å². The van der Waals surface area contributed by atoms with Gasteiger partial charge in [-0.2, -0.15) is 5.06 Å². The molecule has 1 N–H and O–H groups in total. The lowest BCUT2D eigenvalue weighted by Gasteiger charge is -2.27. The molecule has 0 aliphatic carbocycles. The van der Waals surface area contributed by atoms with Gasteiger partial charge in [0.15, 0.2) is 0 Å². The Balaban J connectivity index is 2.42. The topological polar surface area (TPSA) is 41.6 Å². The van der Waals surface area contributed by atoms with Crippen molar-refractivity contribution in [2.24, 2.45) is 0 Å². The molecule has 0 aromatic carbocycles. The zero-order valence-corrected chi connectivity index (χ0v) is 7.11. The Hall–Kier alpha value is -0.840. The number of nitrogens with one attached hydrogen (secondary N) is 1. The predicted octanol–water partition coefficient (Wildman–Crippen LogP) is 0.0447. The van der Waals surface area contributed by atoms with Crippen LogP contribution in [0.2, 0.25) is 0 Å². The third-order valence-electron chi connectivity index (χ3n) is 1.28. The Kier molecular flexibility index (Phi) is 2.64. The molecule has 1 rings (SSSR count). The van der Waals surface area contributed by atoms with E-state index in [9.17, 15) is 4.79 Å². The average molecular weight is 174 g/mol. The van der Waals surface area contributed by atoms with E-state index in [0.29, 0.717) is 11.7 Å². The molecule has 0 spiro atoms. The summed E-state index contributed by atoms with van der Waals surface area (Å²) in [6, 6.07) is 0. The van der Waals surface area contributed by atoms with E-state index in [4.69, 9.17) is 17.1 Å². The molecule has 62 valence electrons. The fourth-order valence-electron chi connectivity index (χ4n) is 0.850. The van der Waals surface area contributed by atoms with Gasteiger partial charge in [-0.3, -0.25) is 4.79 Å². The van der Waals surface area contributed by atoms with Crippen molar-refractivity contribution in [3.8, 4) is 0 Å². The highest BCUT2D eigenvalue weighted by Crippen LogP contribution is 1.99. The minimum absolute atomic E-state index is 0.337. The summed E-state index contributed by atoms with van der Waals surface area (Å²) in [5, 5.41) is 4.81. The Morgan fingerprint density at radius 1 is 1.82 bits per heavy atom. The van der Waals surface area contributed by atoms with E-state index in [-0.39, 0.29) is 5.97 Å². The van der Waals surface area contributed by atoms with Crippen molar-refractivity contribution in [1.82, 2.24) is 10.4 Å². The van der Waals surface area contributed by atoms with Crippen molar-refractivity contribution < 1.29 is 9.63 Å². The first-order valence-electron chi connectivity index (χ1n) is 3.44. The zero-order valence-electron chi connectivity index (χ0n) is 6.29. The molecule has 0 unspecified atom stereocenters. The quantitative estimate of drug-likeness (QED) is 0.569. The van der Waals surface area contributed by atoms with Gasteiger partial charge in [0.05, 0.1) is 6.54 Å². The van der Waals surface area contributed by atoms with Crippen molar-refractivity contribution in [3.05, 3.63) is 0 Å². The third-order valence-corrected chi connectivity index (χ3v) is 1.63. The maximum Gasteiger partial charge on any atom is 0.329 e. The van der Waals surface area contributed by atoms with Gasteiger partial charge in [-0.25, -0.2) is 0 Å². The lowest BCUT2D eigenvalue weighted by Crippen LogP contribution is -2.46. The number of carbonyl (C=O) groups is 1. The SMILES string of the molecule is CC(=O)ON1CCCNC1=S. The molecule has 0 aromatic heterocycles. The van der Waals surface area contributed by atoms with Crippen LogP contribution in [0.3, 0.4) is 0 Å². The summed E-state index contributed by atoms with van der Waals surface area (Å²) in [6.07, 6.45) is 0.938. The van der Waals surface area contributed by atoms with Gasteiger partial charge in [-0.15, -0.1) is 0 Å². The van der Waals surface area contributed by atoms with Crippen LogP contribution >= 0.6 is 12.2 Å². The summed E-state index contributed by atoms with van der Waals surface area (Å²) in [5.41, 5.74) is 0. The first-order valence-corrected chi connectivity index (χ1v) is 3.85. The Bertz CT molecular complexity index is 183. The van der Waals surface area contributed by atoms with Crippen molar-refractivity contribution in [1.29, 1.82) is 0 Å². The molecule has 1 saturated heterocycles. The fourth-order valence-corrected chi connectivity index (χ4v) is 1.08. The highest BCUT2D eigenvalue weighted by molar-refractivity contribution is 7.80. The Labute approximate surface area is 70.5 Å². The molecule has 1 fully saturated rings. The molecule has 1 heterocycles. The predicted molar refractivity (Wildman–Crippen MR) is 43.7 cm³/mol. The largest absolute Gasteiger partial charge is 0.360 e. The van der Waals surface area contributed by atoms with E-state index < -0.39 is 0 Å². The monoisotopic (exact) mass is 174 g/mol. The molecule has 4 nitrogen and oxygen atoms in total. The van der Waals surface area contributed by atoms with E-state index >= 15 is 0 Å². The van der Waals surface area contributed by atoms with Gasteiger partial charge in [0.1, 0.15) is 0 Å². The molecule has 0 bridgehead atoms. The molecular weight excluding hydrogens is 164 g/mol. The van der Waals surface area contributed by atoms with Crippen LogP contribution in [0.5, 0.6) is 0 Å². The van der Waals surface area contributed by atoms with Crippen molar-refractivity contribution >= 4 is 23.3 Å². The normalized spacial score (nSPS) is 17.5. The maximum atomic E-state index is 10.5. The van der Waals surface area contributed by atoms with Gasteiger partial charge in [-0.1, -0.05) is 0 Å². The van der Waals surface area contributed by atoms with Crippen LogP contribution in [-0.2, 0) is 9.63 Å². The first-order chi connectivity index (χ1) is 5.20. The molecule has 0 atom stereocenters.